The van der Waals surface area contributed by atoms with Gasteiger partial charge in [0, 0.05) is 18.3 Å². The van der Waals surface area contributed by atoms with E-state index in [2.05, 4.69) is 20.4 Å². The molecule has 0 bridgehead atoms. The molecule has 2 aromatic rings. The molecule has 0 aliphatic heterocycles. The molecule has 1 amide bonds. The van der Waals surface area contributed by atoms with Crippen LogP contribution >= 0.6 is 0 Å². The predicted octanol–water partition coefficient (Wildman–Crippen LogP) is 0.755. The molecule has 0 radical (unpaired) electrons. The number of amides is 1. The topological polar surface area (TPSA) is 98.7 Å². The van der Waals surface area contributed by atoms with Crippen molar-refractivity contribution in [1.29, 1.82) is 0 Å². The first kappa shape index (κ1) is 13.0. The van der Waals surface area contributed by atoms with E-state index in [1.165, 1.54) is 12.5 Å². The van der Waals surface area contributed by atoms with Crippen LogP contribution in [0.25, 0.3) is 5.82 Å². The molecular weight excluding hydrogens is 244 g/mol. The zero-order valence-corrected chi connectivity index (χ0v) is 10.9. The second kappa shape index (κ2) is 5.47. The molecule has 0 atom stereocenters. The van der Waals surface area contributed by atoms with Gasteiger partial charge in [0.2, 0.25) is 0 Å². The van der Waals surface area contributed by atoms with Crippen LogP contribution in [0.1, 0.15) is 29.8 Å². The Morgan fingerprint density at radius 1 is 1.42 bits per heavy atom. The maximum atomic E-state index is 11.1. The van der Waals surface area contributed by atoms with Crippen LogP contribution in [0.2, 0.25) is 0 Å². The summed E-state index contributed by atoms with van der Waals surface area (Å²) in [4.78, 5) is 19.5. The molecule has 0 spiro atoms. The quantitative estimate of drug-likeness (QED) is 0.826. The average molecular weight is 260 g/mol. The van der Waals surface area contributed by atoms with Crippen molar-refractivity contribution in [3.8, 4) is 5.82 Å². The van der Waals surface area contributed by atoms with Crippen LogP contribution in [0.3, 0.4) is 0 Å². The Morgan fingerprint density at radius 3 is 2.79 bits per heavy atom. The summed E-state index contributed by atoms with van der Waals surface area (Å²) in [6, 6.07) is 0. The summed E-state index contributed by atoms with van der Waals surface area (Å²) in [5.74, 6) is 0.928. The van der Waals surface area contributed by atoms with E-state index in [4.69, 9.17) is 5.73 Å². The predicted molar refractivity (Wildman–Crippen MR) is 71.2 cm³/mol. The largest absolute Gasteiger partial charge is 0.370 e. The lowest BCUT2D eigenvalue weighted by Gasteiger charge is -2.11. The number of nitrogens with two attached hydrogens (primary N) is 1. The maximum absolute atomic E-state index is 11.1. The fraction of sp³-hybridized carbons (Fsp3) is 0.333. The highest BCUT2D eigenvalue weighted by atomic mass is 16.1. The van der Waals surface area contributed by atoms with Crippen LogP contribution in [0.5, 0.6) is 0 Å². The van der Waals surface area contributed by atoms with Crippen LogP contribution in [0, 0.1) is 0 Å². The van der Waals surface area contributed by atoms with Gasteiger partial charge in [0.1, 0.15) is 12.1 Å². The lowest BCUT2D eigenvalue weighted by Crippen LogP contribution is -2.11. The molecule has 2 aromatic heterocycles. The van der Waals surface area contributed by atoms with Crippen LogP contribution in [-0.4, -0.2) is 32.2 Å². The number of nitrogens with one attached hydrogen (secondary N) is 1. The molecule has 19 heavy (non-hydrogen) atoms. The fourth-order valence-corrected chi connectivity index (χ4v) is 1.81. The van der Waals surface area contributed by atoms with Crippen molar-refractivity contribution in [3.63, 3.8) is 0 Å². The minimum Gasteiger partial charge on any atom is -0.370 e. The van der Waals surface area contributed by atoms with E-state index in [9.17, 15) is 4.79 Å². The Bertz CT molecular complexity index is 592. The average Bonchev–Trinajstić information content (AvgIpc) is 2.88. The van der Waals surface area contributed by atoms with Crippen molar-refractivity contribution in [1.82, 2.24) is 19.7 Å². The molecule has 7 heteroatoms. The third-order valence-electron chi connectivity index (χ3n) is 2.70. The standard InChI is InChI=1S/C12H16N6O/c1-3-9-11(14-4-2)15-7-16-12(9)18-6-8(5-17-18)10(13)19/h5-7H,3-4H2,1-2H3,(H2,13,19)(H,14,15,16). The maximum Gasteiger partial charge on any atom is 0.251 e. The van der Waals surface area contributed by atoms with E-state index < -0.39 is 5.91 Å². The number of primary amides is 1. The van der Waals surface area contributed by atoms with Crippen molar-refractivity contribution < 1.29 is 4.79 Å². The van der Waals surface area contributed by atoms with Crippen molar-refractivity contribution in [2.45, 2.75) is 20.3 Å². The summed E-state index contributed by atoms with van der Waals surface area (Å²) in [6.45, 7) is 4.79. The lowest BCUT2D eigenvalue weighted by molar-refractivity contribution is 0.100. The summed E-state index contributed by atoms with van der Waals surface area (Å²) in [7, 11) is 0. The number of hydrogen-bond acceptors (Lipinski definition) is 5. The van der Waals surface area contributed by atoms with Crippen molar-refractivity contribution in [2.24, 2.45) is 5.73 Å². The van der Waals surface area contributed by atoms with E-state index in [1.54, 1.807) is 10.9 Å². The highest BCUT2D eigenvalue weighted by Crippen LogP contribution is 2.19. The van der Waals surface area contributed by atoms with Crippen molar-refractivity contribution >= 4 is 11.7 Å². The molecule has 100 valence electrons. The third-order valence-corrected chi connectivity index (χ3v) is 2.70. The Morgan fingerprint density at radius 2 is 2.21 bits per heavy atom. The van der Waals surface area contributed by atoms with Crippen molar-refractivity contribution in [3.05, 3.63) is 29.8 Å². The van der Waals surface area contributed by atoms with Gasteiger partial charge in [0.25, 0.3) is 5.91 Å². The molecule has 0 aliphatic rings. The summed E-state index contributed by atoms with van der Waals surface area (Å²) in [5, 5.41) is 7.30. The minimum atomic E-state index is -0.509. The number of nitrogens with zero attached hydrogens (tertiary/aromatic N) is 4. The van der Waals surface area contributed by atoms with Gasteiger partial charge in [0.05, 0.1) is 11.8 Å². The van der Waals surface area contributed by atoms with Gasteiger partial charge >= 0.3 is 0 Å². The highest BCUT2D eigenvalue weighted by Gasteiger charge is 2.13. The monoisotopic (exact) mass is 260 g/mol. The number of anilines is 1. The Labute approximate surface area is 110 Å². The SMILES string of the molecule is CCNc1ncnc(-n2cc(C(N)=O)cn2)c1CC. The first-order valence-corrected chi connectivity index (χ1v) is 6.10. The molecule has 0 fully saturated rings. The summed E-state index contributed by atoms with van der Waals surface area (Å²) in [6.07, 6.45) is 5.22. The molecule has 2 heterocycles. The van der Waals surface area contributed by atoms with Gasteiger partial charge in [-0.15, -0.1) is 0 Å². The van der Waals surface area contributed by atoms with Crippen LogP contribution in [-0.2, 0) is 6.42 Å². The first-order valence-electron chi connectivity index (χ1n) is 6.10. The summed E-state index contributed by atoms with van der Waals surface area (Å²) < 4.78 is 1.54. The molecule has 0 aromatic carbocycles. The van der Waals surface area contributed by atoms with Gasteiger partial charge in [-0.1, -0.05) is 6.92 Å². The zero-order chi connectivity index (χ0) is 13.8. The van der Waals surface area contributed by atoms with Gasteiger partial charge in [-0.05, 0) is 13.3 Å². The molecule has 0 unspecified atom stereocenters. The van der Waals surface area contributed by atoms with Gasteiger partial charge in [-0.3, -0.25) is 4.79 Å². The molecule has 2 rings (SSSR count). The molecule has 0 saturated heterocycles. The van der Waals surface area contributed by atoms with E-state index in [1.807, 2.05) is 13.8 Å². The summed E-state index contributed by atoms with van der Waals surface area (Å²) >= 11 is 0. The Hall–Kier alpha value is -2.44. The van der Waals surface area contributed by atoms with Crippen LogP contribution in [0.15, 0.2) is 18.7 Å². The smallest absolute Gasteiger partial charge is 0.251 e. The third kappa shape index (κ3) is 2.54. The van der Waals surface area contributed by atoms with Crippen molar-refractivity contribution in [2.75, 3.05) is 11.9 Å². The number of rotatable bonds is 5. The normalized spacial score (nSPS) is 10.4. The Balaban J connectivity index is 2.48. The first-order chi connectivity index (χ1) is 9.17. The molecule has 0 saturated carbocycles. The molecule has 3 N–H and O–H groups in total. The lowest BCUT2D eigenvalue weighted by atomic mass is 10.2. The van der Waals surface area contributed by atoms with Gasteiger partial charge in [-0.25, -0.2) is 14.6 Å². The van der Waals surface area contributed by atoms with E-state index >= 15 is 0 Å². The molecule has 7 nitrogen and oxygen atoms in total. The highest BCUT2D eigenvalue weighted by molar-refractivity contribution is 5.92. The second-order valence-electron chi connectivity index (χ2n) is 3.95. The fourth-order valence-electron chi connectivity index (χ4n) is 1.81. The molecule has 0 aliphatic carbocycles. The van der Waals surface area contributed by atoms with E-state index in [0.717, 1.165) is 24.3 Å². The number of hydrogen-bond donors (Lipinski definition) is 2. The second-order valence-corrected chi connectivity index (χ2v) is 3.95. The van der Waals surface area contributed by atoms with Gasteiger partial charge in [0.15, 0.2) is 5.82 Å². The van der Waals surface area contributed by atoms with E-state index in [-0.39, 0.29) is 0 Å². The number of carbonyl (C=O) groups is 1. The molecular formula is C12H16N6O. The van der Waals surface area contributed by atoms with Gasteiger partial charge < -0.3 is 11.1 Å². The van der Waals surface area contributed by atoms with Crippen LogP contribution < -0.4 is 11.1 Å². The zero-order valence-electron chi connectivity index (χ0n) is 10.9. The minimum absolute atomic E-state index is 0.352. The number of aromatic nitrogens is 4. The van der Waals surface area contributed by atoms with Gasteiger partial charge in [-0.2, -0.15) is 5.10 Å². The van der Waals surface area contributed by atoms with E-state index in [0.29, 0.717) is 11.4 Å². The summed E-state index contributed by atoms with van der Waals surface area (Å²) in [5.41, 5.74) is 6.52. The van der Waals surface area contributed by atoms with Crippen LogP contribution in [0.4, 0.5) is 5.82 Å². The Kier molecular flexibility index (Phi) is 3.74. The number of carbonyl (C=O) groups excluding carboxylic acids is 1.